The zero-order chi connectivity index (χ0) is 14.9. The Hall–Kier alpha value is -1.48. The fraction of sp³-hybridized carbons (Fsp3) is 0.353. The molecule has 1 atom stereocenters. The predicted molar refractivity (Wildman–Crippen MR) is 85.1 cm³/mol. The van der Waals surface area contributed by atoms with Crippen molar-refractivity contribution >= 4 is 11.8 Å². The molecule has 3 heteroatoms. The third-order valence-corrected chi connectivity index (χ3v) is 4.61. The normalized spacial score (nSPS) is 12.4. The van der Waals surface area contributed by atoms with Crippen molar-refractivity contribution in [2.24, 2.45) is 0 Å². The number of aryl methyl sites for hydroxylation is 4. The molecule has 0 bridgehead atoms. The molecule has 2 rings (SSSR count). The van der Waals surface area contributed by atoms with Crippen molar-refractivity contribution in [1.82, 2.24) is 0 Å². The smallest absolute Gasteiger partial charge is 0.252 e. The van der Waals surface area contributed by atoms with E-state index in [9.17, 15) is 5.21 Å². The number of aromatic nitrogens is 1. The monoisotopic (exact) mass is 287 g/mol. The summed E-state index contributed by atoms with van der Waals surface area (Å²) < 4.78 is 1.03. The lowest BCUT2D eigenvalue weighted by Crippen LogP contribution is -2.33. The van der Waals surface area contributed by atoms with Gasteiger partial charge in [0.2, 0.25) is 0 Å². The summed E-state index contributed by atoms with van der Waals surface area (Å²) in [6, 6.07) is 10.4. The average Bonchev–Trinajstić information content (AvgIpc) is 2.38. The van der Waals surface area contributed by atoms with Gasteiger partial charge in [-0.3, -0.25) is 0 Å². The van der Waals surface area contributed by atoms with Crippen molar-refractivity contribution in [3.05, 3.63) is 63.5 Å². The summed E-state index contributed by atoms with van der Waals surface area (Å²) in [5.74, 6) is 0. The van der Waals surface area contributed by atoms with E-state index in [-0.39, 0.29) is 5.25 Å². The van der Waals surface area contributed by atoms with E-state index in [1.165, 1.54) is 16.7 Å². The largest absolute Gasteiger partial charge is 0.618 e. The third-order valence-electron chi connectivity index (χ3n) is 3.48. The topological polar surface area (TPSA) is 26.9 Å². The Morgan fingerprint density at radius 1 is 1.00 bits per heavy atom. The molecule has 106 valence electrons. The molecule has 0 N–H and O–H groups in total. The van der Waals surface area contributed by atoms with Crippen LogP contribution in [0.15, 0.2) is 35.4 Å². The van der Waals surface area contributed by atoms with E-state index in [0.29, 0.717) is 0 Å². The lowest BCUT2D eigenvalue weighted by atomic mass is 10.0. The molecule has 0 aliphatic heterocycles. The lowest BCUT2D eigenvalue weighted by Gasteiger charge is -2.15. The molecule has 2 aromatic rings. The Morgan fingerprint density at radius 2 is 1.70 bits per heavy atom. The number of hydrogen-bond donors (Lipinski definition) is 0. The van der Waals surface area contributed by atoms with Gasteiger partial charge in [0, 0.05) is 24.3 Å². The van der Waals surface area contributed by atoms with Gasteiger partial charge in [0.25, 0.3) is 5.03 Å². The van der Waals surface area contributed by atoms with Gasteiger partial charge in [0.05, 0.1) is 0 Å². The summed E-state index contributed by atoms with van der Waals surface area (Å²) in [5, 5.41) is 13.2. The van der Waals surface area contributed by atoms with E-state index < -0.39 is 0 Å². The van der Waals surface area contributed by atoms with E-state index in [1.54, 1.807) is 11.8 Å². The maximum atomic E-state index is 12.1. The standard InChI is InChI=1S/C17H21NOS/c1-11-6-7-13(3)16(9-11)15(5)20-17-10-12(2)8-14(4)18(17)19/h6-10,15H,1-5H3. The molecule has 0 fully saturated rings. The molecule has 1 heterocycles. The second-order valence-electron chi connectivity index (χ2n) is 5.43. The highest BCUT2D eigenvalue weighted by atomic mass is 32.2. The number of thioether (sulfide) groups is 1. The number of nitrogens with zero attached hydrogens (tertiary/aromatic N) is 1. The van der Waals surface area contributed by atoms with Crippen LogP contribution >= 0.6 is 11.8 Å². The summed E-state index contributed by atoms with van der Waals surface area (Å²) in [5.41, 5.74) is 5.71. The van der Waals surface area contributed by atoms with Crippen LogP contribution < -0.4 is 4.73 Å². The molecule has 1 aromatic carbocycles. The van der Waals surface area contributed by atoms with Crippen molar-refractivity contribution < 1.29 is 4.73 Å². The number of hydrogen-bond acceptors (Lipinski definition) is 2. The van der Waals surface area contributed by atoms with Crippen molar-refractivity contribution in [1.29, 1.82) is 0 Å². The number of pyridine rings is 1. The van der Waals surface area contributed by atoms with Crippen LogP contribution in [-0.4, -0.2) is 0 Å². The van der Waals surface area contributed by atoms with E-state index in [0.717, 1.165) is 21.0 Å². The van der Waals surface area contributed by atoms with E-state index in [1.807, 2.05) is 26.0 Å². The minimum Gasteiger partial charge on any atom is -0.618 e. The minimum absolute atomic E-state index is 0.260. The molecule has 0 spiro atoms. The predicted octanol–water partition coefficient (Wildman–Crippen LogP) is 4.41. The van der Waals surface area contributed by atoms with Gasteiger partial charge in [-0.25, -0.2) is 0 Å². The van der Waals surface area contributed by atoms with Crippen LogP contribution in [0.5, 0.6) is 0 Å². The molecule has 0 aliphatic carbocycles. The van der Waals surface area contributed by atoms with Crippen LogP contribution in [0.3, 0.4) is 0 Å². The summed E-state index contributed by atoms with van der Waals surface area (Å²) in [6.45, 7) is 10.3. The van der Waals surface area contributed by atoms with Crippen molar-refractivity contribution in [3.8, 4) is 0 Å². The third kappa shape index (κ3) is 3.15. The maximum Gasteiger partial charge on any atom is 0.252 e. The van der Waals surface area contributed by atoms with Crippen molar-refractivity contribution in [3.63, 3.8) is 0 Å². The highest BCUT2D eigenvalue weighted by Crippen LogP contribution is 2.35. The van der Waals surface area contributed by atoms with Gasteiger partial charge in [-0.2, -0.15) is 4.73 Å². The zero-order valence-electron chi connectivity index (χ0n) is 12.7. The van der Waals surface area contributed by atoms with Gasteiger partial charge in [-0.15, -0.1) is 0 Å². The summed E-state index contributed by atoms with van der Waals surface area (Å²) in [6.07, 6.45) is 0. The molecule has 20 heavy (non-hydrogen) atoms. The molecular weight excluding hydrogens is 266 g/mol. The molecule has 0 amide bonds. The van der Waals surface area contributed by atoms with Gasteiger partial charge < -0.3 is 5.21 Å². The van der Waals surface area contributed by atoms with Gasteiger partial charge in [-0.05, 0) is 56.1 Å². The summed E-state index contributed by atoms with van der Waals surface area (Å²) in [7, 11) is 0. The van der Waals surface area contributed by atoms with E-state index in [2.05, 4.69) is 39.0 Å². The van der Waals surface area contributed by atoms with Gasteiger partial charge >= 0.3 is 0 Å². The fourth-order valence-electron chi connectivity index (χ4n) is 2.38. The molecule has 2 nitrogen and oxygen atoms in total. The molecule has 0 radical (unpaired) electrons. The maximum absolute atomic E-state index is 12.1. The Balaban J connectivity index is 2.32. The SMILES string of the molecule is Cc1ccc(C)c(C(C)Sc2cc(C)cc(C)[n+]2[O-])c1. The van der Waals surface area contributed by atoms with Crippen LogP contribution in [0, 0.1) is 32.9 Å². The second kappa shape index (κ2) is 5.88. The first-order chi connectivity index (χ1) is 9.38. The fourth-order valence-corrected chi connectivity index (χ4v) is 3.62. The molecule has 0 saturated carbocycles. The molecule has 0 saturated heterocycles. The van der Waals surface area contributed by atoms with E-state index >= 15 is 0 Å². The van der Waals surface area contributed by atoms with Crippen LogP contribution in [0.25, 0.3) is 0 Å². The van der Waals surface area contributed by atoms with Crippen LogP contribution in [0.2, 0.25) is 0 Å². The summed E-state index contributed by atoms with van der Waals surface area (Å²) >= 11 is 1.62. The lowest BCUT2D eigenvalue weighted by molar-refractivity contribution is -0.652. The van der Waals surface area contributed by atoms with Crippen LogP contribution in [-0.2, 0) is 0 Å². The van der Waals surface area contributed by atoms with Gasteiger partial charge in [0.15, 0.2) is 5.69 Å². The first-order valence-corrected chi connectivity index (χ1v) is 7.71. The molecular formula is C17H21NOS. The Morgan fingerprint density at radius 3 is 2.40 bits per heavy atom. The van der Waals surface area contributed by atoms with Crippen LogP contribution in [0.1, 0.15) is 40.1 Å². The minimum atomic E-state index is 0.260. The average molecular weight is 287 g/mol. The molecule has 0 aliphatic rings. The molecule has 1 unspecified atom stereocenters. The van der Waals surface area contributed by atoms with Crippen molar-refractivity contribution in [2.75, 3.05) is 0 Å². The Labute approximate surface area is 125 Å². The zero-order valence-corrected chi connectivity index (χ0v) is 13.5. The summed E-state index contributed by atoms with van der Waals surface area (Å²) in [4.78, 5) is 0. The highest BCUT2D eigenvalue weighted by molar-refractivity contribution is 7.99. The van der Waals surface area contributed by atoms with Gasteiger partial charge in [0.1, 0.15) is 0 Å². The quantitative estimate of drug-likeness (QED) is 0.475. The Bertz CT molecular complexity index is 637. The highest BCUT2D eigenvalue weighted by Gasteiger charge is 2.17. The van der Waals surface area contributed by atoms with Gasteiger partial charge in [-0.1, -0.05) is 23.8 Å². The van der Waals surface area contributed by atoms with Crippen molar-refractivity contribution in [2.45, 2.75) is 44.9 Å². The van der Waals surface area contributed by atoms with E-state index in [4.69, 9.17) is 0 Å². The first kappa shape index (κ1) is 14.9. The number of benzene rings is 1. The second-order valence-corrected chi connectivity index (χ2v) is 6.79. The molecule has 1 aromatic heterocycles. The van der Waals surface area contributed by atoms with Crippen LogP contribution in [0.4, 0.5) is 0 Å². The number of rotatable bonds is 3. The Kier molecular flexibility index (Phi) is 4.39. The first-order valence-electron chi connectivity index (χ1n) is 6.83.